The maximum absolute atomic E-state index is 12.5. The van der Waals surface area contributed by atoms with E-state index in [1.165, 1.54) is 11.1 Å². The molecule has 7 nitrogen and oxygen atoms in total. The molecule has 4 rings (SSSR count). The van der Waals surface area contributed by atoms with Crippen molar-refractivity contribution in [3.05, 3.63) is 59.7 Å². The summed E-state index contributed by atoms with van der Waals surface area (Å²) >= 11 is 0. The van der Waals surface area contributed by atoms with Gasteiger partial charge in [0.15, 0.2) is 0 Å². The lowest BCUT2D eigenvalue weighted by Gasteiger charge is -2.28. The fourth-order valence-electron chi connectivity index (χ4n) is 5.06. The fraction of sp³-hybridized carbons (Fsp3) is 0.444. The highest BCUT2D eigenvalue weighted by molar-refractivity contribution is 5.80. The number of carbonyl (C=O) groups is 3. The molecule has 1 fully saturated rings. The van der Waals surface area contributed by atoms with Gasteiger partial charge in [-0.15, -0.1) is 0 Å². The van der Waals surface area contributed by atoms with Crippen LogP contribution in [0.4, 0.5) is 4.79 Å². The number of carbonyl (C=O) groups excluding carboxylic acids is 2. The normalized spacial score (nSPS) is 20.0. The molecule has 2 amide bonds. The van der Waals surface area contributed by atoms with Crippen molar-refractivity contribution in [3.63, 3.8) is 0 Å². The highest BCUT2D eigenvalue weighted by Gasteiger charge is 2.30. The number of hydrogen-bond donors (Lipinski definition) is 3. The molecular formula is C27H32N2O5. The second-order valence-corrected chi connectivity index (χ2v) is 9.35. The van der Waals surface area contributed by atoms with Crippen LogP contribution in [0.3, 0.4) is 0 Å². The minimum absolute atomic E-state index is 0.00738. The summed E-state index contributed by atoms with van der Waals surface area (Å²) in [4.78, 5) is 36.0. The Kier molecular flexibility index (Phi) is 7.50. The van der Waals surface area contributed by atoms with Crippen LogP contribution in [-0.4, -0.2) is 42.3 Å². The van der Waals surface area contributed by atoms with E-state index in [0.717, 1.165) is 24.0 Å². The second kappa shape index (κ2) is 10.7. The Hall–Kier alpha value is -3.35. The van der Waals surface area contributed by atoms with E-state index in [1.807, 2.05) is 31.2 Å². The second-order valence-electron chi connectivity index (χ2n) is 9.35. The molecule has 2 aliphatic rings. The topological polar surface area (TPSA) is 105 Å². The Balaban J connectivity index is 1.21. The molecule has 2 aromatic carbocycles. The van der Waals surface area contributed by atoms with Crippen LogP contribution in [0.5, 0.6) is 0 Å². The molecule has 1 saturated carbocycles. The molecule has 3 atom stereocenters. The lowest BCUT2D eigenvalue weighted by atomic mass is 9.85. The number of benzene rings is 2. The summed E-state index contributed by atoms with van der Waals surface area (Å²) in [6.45, 7) is 2.39. The summed E-state index contributed by atoms with van der Waals surface area (Å²) in [7, 11) is 0. The third-order valence-electron chi connectivity index (χ3n) is 7.01. The van der Waals surface area contributed by atoms with Crippen molar-refractivity contribution in [2.75, 3.05) is 13.2 Å². The van der Waals surface area contributed by atoms with Crippen molar-refractivity contribution in [2.24, 2.45) is 11.8 Å². The zero-order valence-electron chi connectivity index (χ0n) is 19.5. The van der Waals surface area contributed by atoms with Gasteiger partial charge in [0, 0.05) is 24.4 Å². The van der Waals surface area contributed by atoms with E-state index in [4.69, 9.17) is 4.74 Å². The van der Waals surface area contributed by atoms with Crippen LogP contribution in [0.15, 0.2) is 48.5 Å². The first-order chi connectivity index (χ1) is 16.4. The van der Waals surface area contributed by atoms with Crippen LogP contribution in [0, 0.1) is 11.8 Å². The van der Waals surface area contributed by atoms with Crippen LogP contribution in [-0.2, 0) is 14.3 Å². The summed E-state index contributed by atoms with van der Waals surface area (Å²) in [5.74, 6) is -1.57. The van der Waals surface area contributed by atoms with E-state index in [9.17, 15) is 19.5 Å². The average Bonchev–Trinajstić information content (AvgIpc) is 3.16. The Bertz CT molecular complexity index is 1010. The molecule has 0 heterocycles. The zero-order chi connectivity index (χ0) is 24.1. The molecule has 34 heavy (non-hydrogen) atoms. The quantitative estimate of drug-likeness (QED) is 0.540. The number of rotatable bonds is 8. The van der Waals surface area contributed by atoms with Gasteiger partial charge in [0.1, 0.15) is 6.61 Å². The Morgan fingerprint density at radius 3 is 2.32 bits per heavy atom. The molecule has 0 saturated heterocycles. The van der Waals surface area contributed by atoms with Crippen molar-refractivity contribution in [1.82, 2.24) is 10.6 Å². The van der Waals surface area contributed by atoms with E-state index in [-0.39, 0.29) is 36.3 Å². The largest absolute Gasteiger partial charge is 0.481 e. The Morgan fingerprint density at radius 1 is 1.03 bits per heavy atom. The van der Waals surface area contributed by atoms with E-state index in [2.05, 4.69) is 34.9 Å². The molecule has 3 N–H and O–H groups in total. The van der Waals surface area contributed by atoms with Gasteiger partial charge < -0.3 is 20.5 Å². The van der Waals surface area contributed by atoms with Crippen LogP contribution < -0.4 is 10.6 Å². The first-order valence-corrected chi connectivity index (χ1v) is 12.1. The number of nitrogens with one attached hydrogen (secondary N) is 2. The van der Waals surface area contributed by atoms with Crippen LogP contribution in [0.2, 0.25) is 0 Å². The van der Waals surface area contributed by atoms with E-state index in [0.29, 0.717) is 25.8 Å². The first kappa shape index (κ1) is 23.8. The molecule has 180 valence electrons. The molecule has 2 aliphatic carbocycles. The molecule has 1 unspecified atom stereocenters. The highest BCUT2D eigenvalue weighted by atomic mass is 16.5. The Labute approximate surface area is 199 Å². The van der Waals surface area contributed by atoms with Gasteiger partial charge in [-0.25, -0.2) is 4.79 Å². The lowest BCUT2D eigenvalue weighted by molar-refractivity contribution is -0.143. The lowest BCUT2D eigenvalue weighted by Crippen LogP contribution is -2.42. The fourth-order valence-corrected chi connectivity index (χ4v) is 5.06. The predicted molar refractivity (Wildman–Crippen MR) is 128 cm³/mol. The zero-order valence-corrected chi connectivity index (χ0v) is 19.5. The molecule has 0 bridgehead atoms. The standard InChI is InChI=1S/C27H32N2O5/c1-17(25(30)29-19-8-6-7-18(15-19)26(31)32)13-14-28-27(33)34-16-24-22-11-4-2-9-20(22)21-10-3-5-12-23(21)24/h2-5,9-12,17-19,24H,6-8,13-16H2,1H3,(H,28,33)(H,29,30)(H,31,32)/t17?,18-,19+/m0/s1. The van der Waals surface area contributed by atoms with Crippen molar-refractivity contribution < 1.29 is 24.2 Å². The number of carboxylic acids is 1. The molecule has 0 aliphatic heterocycles. The van der Waals surface area contributed by atoms with Gasteiger partial charge in [-0.2, -0.15) is 0 Å². The SMILES string of the molecule is CC(CCNC(=O)OCC1c2ccccc2-c2ccccc21)C(=O)N[C@@H]1CCC[C@H](C(=O)O)C1. The maximum atomic E-state index is 12.5. The summed E-state index contributed by atoms with van der Waals surface area (Å²) in [5.41, 5.74) is 4.68. The molecule has 0 aromatic heterocycles. The van der Waals surface area contributed by atoms with Gasteiger partial charge >= 0.3 is 12.1 Å². The summed E-state index contributed by atoms with van der Waals surface area (Å²) in [5, 5.41) is 14.9. The molecule has 0 spiro atoms. The van der Waals surface area contributed by atoms with Crippen molar-refractivity contribution >= 4 is 18.0 Å². The van der Waals surface area contributed by atoms with Gasteiger partial charge in [0.05, 0.1) is 5.92 Å². The molecule has 2 aromatic rings. The first-order valence-electron chi connectivity index (χ1n) is 12.1. The Morgan fingerprint density at radius 2 is 1.68 bits per heavy atom. The monoisotopic (exact) mass is 464 g/mol. The number of fused-ring (bicyclic) bond motifs is 3. The maximum Gasteiger partial charge on any atom is 0.407 e. The average molecular weight is 465 g/mol. The van der Waals surface area contributed by atoms with Gasteiger partial charge in [-0.1, -0.05) is 61.9 Å². The van der Waals surface area contributed by atoms with Gasteiger partial charge in [0.2, 0.25) is 5.91 Å². The van der Waals surface area contributed by atoms with Crippen molar-refractivity contribution in [3.8, 4) is 11.1 Å². The molecule has 0 radical (unpaired) electrons. The number of aliphatic carboxylic acids is 1. The summed E-state index contributed by atoms with van der Waals surface area (Å²) in [6.07, 6.45) is 2.74. The molecule has 7 heteroatoms. The van der Waals surface area contributed by atoms with E-state index >= 15 is 0 Å². The minimum Gasteiger partial charge on any atom is -0.481 e. The van der Waals surface area contributed by atoms with Crippen LogP contribution in [0.1, 0.15) is 56.1 Å². The molecular weight excluding hydrogens is 432 g/mol. The number of ether oxygens (including phenoxy) is 1. The van der Waals surface area contributed by atoms with Crippen molar-refractivity contribution in [2.45, 2.75) is 51.0 Å². The number of alkyl carbamates (subject to hydrolysis) is 1. The smallest absolute Gasteiger partial charge is 0.407 e. The third-order valence-corrected chi connectivity index (χ3v) is 7.01. The van der Waals surface area contributed by atoms with E-state index < -0.39 is 12.1 Å². The van der Waals surface area contributed by atoms with Crippen LogP contribution in [0.25, 0.3) is 11.1 Å². The minimum atomic E-state index is -0.792. The van der Waals surface area contributed by atoms with Gasteiger partial charge in [0.25, 0.3) is 0 Å². The third kappa shape index (κ3) is 5.41. The number of hydrogen-bond acceptors (Lipinski definition) is 4. The number of carboxylic acid groups (broad SMARTS) is 1. The van der Waals surface area contributed by atoms with Crippen LogP contribution >= 0.6 is 0 Å². The van der Waals surface area contributed by atoms with E-state index in [1.54, 1.807) is 0 Å². The predicted octanol–water partition coefficient (Wildman–Crippen LogP) is 4.31. The summed E-state index contributed by atoms with van der Waals surface area (Å²) < 4.78 is 5.53. The van der Waals surface area contributed by atoms with Crippen molar-refractivity contribution in [1.29, 1.82) is 0 Å². The highest BCUT2D eigenvalue weighted by Crippen LogP contribution is 2.44. The van der Waals surface area contributed by atoms with Gasteiger partial charge in [-0.05, 0) is 47.9 Å². The summed E-state index contributed by atoms with van der Waals surface area (Å²) in [6, 6.07) is 16.3. The van der Waals surface area contributed by atoms with Gasteiger partial charge in [-0.3, -0.25) is 9.59 Å². The number of amides is 2.